The van der Waals surface area contributed by atoms with Gasteiger partial charge in [-0.3, -0.25) is 9.78 Å². The number of carbonyl (C=O) groups is 1. The number of hydrogen-bond donors (Lipinski definition) is 1. The summed E-state index contributed by atoms with van der Waals surface area (Å²) in [5, 5.41) is 0. The zero-order valence-corrected chi connectivity index (χ0v) is 14.6. The number of rotatable bonds is 6. The highest BCUT2D eigenvalue weighted by Crippen LogP contribution is 2.35. The van der Waals surface area contributed by atoms with E-state index in [1.54, 1.807) is 30.3 Å². The molecule has 0 aliphatic carbocycles. The number of thioether (sulfide) groups is 1. The third-order valence-electron chi connectivity index (χ3n) is 3.43. The maximum Gasteiger partial charge on any atom is 0.221 e. The van der Waals surface area contributed by atoms with Crippen LogP contribution in [0.2, 0.25) is 0 Å². The molecule has 132 valence electrons. The molecule has 0 aliphatic rings. The lowest BCUT2D eigenvalue weighted by atomic mass is 10.2. The minimum Gasteiger partial charge on any atom is -0.461 e. The molecule has 0 fully saturated rings. The van der Waals surface area contributed by atoms with Gasteiger partial charge >= 0.3 is 0 Å². The van der Waals surface area contributed by atoms with Gasteiger partial charge in [0.15, 0.2) is 17.3 Å². The van der Waals surface area contributed by atoms with Crippen LogP contribution in [0.3, 0.4) is 0 Å². The lowest BCUT2D eigenvalue weighted by Crippen LogP contribution is -1.96. The summed E-state index contributed by atoms with van der Waals surface area (Å²) in [4.78, 5) is 17.0. The number of aromatic nitrogens is 1. The van der Waals surface area contributed by atoms with Gasteiger partial charge in [-0.1, -0.05) is 0 Å². The molecule has 3 rings (SSSR count). The normalized spacial score (nSPS) is 11.0. The van der Waals surface area contributed by atoms with Crippen molar-refractivity contribution in [2.75, 3.05) is 12.0 Å². The molecule has 0 radical (unpaired) electrons. The molecule has 0 amide bonds. The molecule has 7 heteroatoms. The van der Waals surface area contributed by atoms with Crippen LogP contribution in [0, 0.1) is 5.82 Å². The predicted octanol–water partition coefficient (Wildman–Crippen LogP) is 4.81. The molecule has 2 aromatic heterocycles. The molecule has 0 bridgehead atoms. The fourth-order valence-corrected chi connectivity index (χ4v) is 2.86. The molecule has 1 aromatic carbocycles. The molecule has 0 saturated carbocycles. The molecule has 2 N–H and O–H groups in total. The number of halogens is 1. The van der Waals surface area contributed by atoms with E-state index in [0.717, 1.165) is 0 Å². The van der Waals surface area contributed by atoms with Crippen molar-refractivity contribution in [3.63, 3.8) is 0 Å². The van der Waals surface area contributed by atoms with E-state index in [2.05, 4.69) is 4.98 Å². The van der Waals surface area contributed by atoms with E-state index >= 15 is 0 Å². The Balaban J connectivity index is 1.88. The number of ketones is 1. The summed E-state index contributed by atoms with van der Waals surface area (Å²) in [5.74, 6) is -0.106. The van der Waals surface area contributed by atoms with Crippen LogP contribution >= 0.6 is 11.8 Å². The first-order valence-electron chi connectivity index (χ1n) is 7.60. The second-order valence-electron chi connectivity index (χ2n) is 5.19. The van der Waals surface area contributed by atoms with Gasteiger partial charge in [0.05, 0.1) is 16.9 Å². The number of pyridine rings is 1. The van der Waals surface area contributed by atoms with E-state index in [-0.39, 0.29) is 17.3 Å². The average Bonchev–Trinajstić information content (AvgIpc) is 3.17. The van der Waals surface area contributed by atoms with Crippen molar-refractivity contribution in [3.8, 4) is 11.5 Å². The topological polar surface area (TPSA) is 78.4 Å². The minimum atomic E-state index is -0.557. The number of furan rings is 1. The van der Waals surface area contributed by atoms with Gasteiger partial charge in [-0.05, 0) is 42.7 Å². The summed E-state index contributed by atoms with van der Waals surface area (Å²) in [6.07, 6.45) is 7.75. The number of nitrogens with two attached hydrogens (primary N) is 1. The van der Waals surface area contributed by atoms with Gasteiger partial charge in [-0.15, -0.1) is 11.8 Å². The van der Waals surface area contributed by atoms with Crippen molar-refractivity contribution in [2.45, 2.75) is 4.90 Å². The zero-order chi connectivity index (χ0) is 18.5. The van der Waals surface area contributed by atoms with Crippen molar-refractivity contribution in [1.29, 1.82) is 0 Å². The fourth-order valence-electron chi connectivity index (χ4n) is 2.22. The van der Waals surface area contributed by atoms with E-state index in [9.17, 15) is 9.18 Å². The molecule has 3 aromatic rings. The van der Waals surface area contributed by atoms with Gasteiger partial charge < -0.3 is 14.9 Å². The van der Waals surface area contributed by atoms with Gasteiger partial charge in [-0.2, -0.15) is 0 Å². The lowest BCUT2D eigenvalue weighted by molar-refractivity contribution is 0.102. The average molecular weight is 370 g/mol. The highest BCUT2D eigenvalue weighted by atomic mass is 32.2. The minimum absolute atomic E-state index is 0.0577. The van der Waals surface area contributed by atoms with E-state index in [4.69, 9.17) is 14.9 Å². The van der Waals surface area contributed by atoms with Crippen LogP contribution in [0.25, 0.3) is 6.08 Å². The summed E-state index contributed by atoms with van der Waals surface area (Å²) in [5.41, 5.74) is 6.40. The van der Waals surface area contributed by atoms with Gasteiger partial charge in [0.25, 0.3) is 0 Å². The molecule has 0 atom stereocenters. The van der Waals surface area contributed by atoms with Gasteiger partial charge in [0.2, 0.25) is 5.78 Å². The molecule has 0 saturated heterocycles. The molecule has 0 unspecified atom stereocenters. The van der Waals surface area contributed by atoms with Crippen LogP contribution < -0.4 is 10.5 Å². The summed E-state index contributed by atoms with van der Waals surface area (Å²) >= 11 is 1.38. The highest BCUT2D eigenvalue weighted by molar-refractivity contribution is 7.98. The predicted molar refractivity (Wildman–Crippen MR) is 99.0 cm³/mol. The van der Waals surface area contributed by atoms with Crippen molar-refractivity contribution < 1.29 is 18.3 Å². The second-order valence-corrected chi connectivity index (χ2v) is 6.01. The highest BCUT2D eigenvalue weighted by Gasteiger charge is 2.13. The van der Waals surface area contributed by atoms with Gasteiger partial charge in [0, 0.05) is 24.0 Å². The molecule has 0 spiro atoms. The van der Waals surface area contributed by atoms with Crippen molar-refractivity contribution in [3.05, 3.63) is 72.2 Å². The SMILES string of the molecule is CSc1c(Oc2ccc(N)cc2F)ccnc1/C=C/C(=O)c1ccco1. The fraction of sp³-hybridized carbons (Fsp3) is 0.0526. The molecule has 0 aliphatic heterocycles. The maximum absolute atomic E-state index is 14.0. The largest absolute Gasteiger partial charge is 0.461 e. The van der Waals surface area contributed by atoms with Crippen LogP contribution in [-0.2, 0) is 0 Å². The van der Waals surface area contributed by atoms with E-state index < -0.39 is 5.82 Å². The summed E-state index contributed by atoms with van der Waals surface area (Å²) < 4.78 is 24.7. The third kappa shape index (κ3) is 3.94. The first-order chi connectivity index (χ1) is 12.6. The van der Waals surface area contributed by atoms with Crippen LogP contribution in [0.5, 0.6) is 11.5 Å². The van der Waals surface area contributed by atoms with E-state index in [1.807, 2.05) is 6.26 Å². The number of nitrogens with zero attached hydrogens (tertiary/aromatic N) is 1. The maximum atomic E-state index is 14.0. The van der Waals surface area contributed by atoms with Crippen molar-refractivity contribution in [1.82, 2.24) is 4.98 Å². The molecular formula is C19H15FN2O3S. The van der Waals surface area contributed by atoms with Gasteiger partial charge in [-0.25, -0.2) is 4.39 Å². The number of hydrogen-bond acceptors (Lipinski definition) is 6. The van der Waals surface area contributed by atoms with Crippen LogP contribution in [0.4, 0.5) is 10.1 Å². The summed E-state index contributed by atoms with van der Waals surface area (Å²) in [6.45, 7) is 0. The summed E-state index contributed by atoms with van der Waals surface area (Å²) in [7, 11) is 0. The van der Waals surface area contributed by atoms with Crippen molar-refractivity contribution in [2.24, 2.45) is 0 Å². The first-order valence-corrected chi connectivity index (χ1v) is 8.82. The van der Waals surface area contributed by atoms with Gasteiger partial charge in [0.1, 0.15) is 5.75 Å². The first kappa shape index (κ1) is 17.8. The number of benzene rings is 1. The van der Waals surface area contributed by atoms with Crippen LogP contribution in [0.15, 0.2) is 64.2 Å². The summed E-state index contributed by atoms with van der Waals surface area (Å²) in [6, 6.07) is 9.07. The molecule has 5 nitrogen and oxygen atoms in total. The smallest absolute Gasteiger partial charge is 0.221 e. The van der Waals surface area contributed by atoms with E-state index in [1.165, 1.54) is 42.4 Å². The standard InChI is InChI=1S/C19H15FN2O3S/c1-26-19-14(5-6-15(23)17-3-2-10-24-17)22-9-8-18(19)25-16-7-4-12(21)11-13(16)20/h2-11H,21H2,1H3/b6-5+. The number of nitrogen functional groups attached to an aromatic ring is 1. The molecule has 2 heterocycles. The number of carbonyl (C=O) groups excluding carboxylic acids is 1. The Bertz CT molecular complexity index is 955. The Labute approximate surface area is 153 Å². The monoisotopic (exact) mass is 370 g/mol. The Morgan fingerprint density at radius 2 is 2.15 bits per heavy atom. The lowest BCUT2D eigenvalue weighted by Gasteiger charge is -2.12. The number of ether oxygens (including phenoxy) is 1. The third-order valence-corrected chi connectivity index (χ3v) is 4.25. The number of allylic oxidation sites excluding steroid dienone is 1. The van der Waals surface area contributed by atoms with Crippen molar-refractivity contribution >= 4 is 29.3 Å². The Morgan fingerprint density at radius 1 is 1.31 bits per heavy atom. The van der Waals surface area contributed by atoms with Crippen LogP contribution in [-0.4, -0.2) is 17.0 Å². The molecular weight excluding hydrogens is 355 g/mol. The zero-order valence-electron chi connectivity index (χ0n) is 13.8. The number of anilines is 1. The van der Waals surface area contributed by atoms with E-state index in [0.29, 0.717) is 22.0 Å². The Kier molecular flexibility index (Phi) is 5.38. The second kappa shape index (κ2) is 7.88. The Morgan fingerprint density at radius 3 is 2.85 bits per heavy atom. The Hall–Kier alpha value is -3.06. The molecule has 26 heavy (non-hydrogen) atoms. The van der Waals surface area contributed by atoms with Crippen LogP contribution in [0.1, 0.15) is 16.2 Å². The quantitative estimate of drug-likeness (QED) is 0.290.